The Balaban J connectivity index is 1.49. The van der Waals surface area contributed by atoms with E-state index in [1.165, 1.54) is 11.3 Å². The van der Waals surface area contributed by atoms with Crippen LogP contribution < -0.4 is 4.74 Å². The smallest absolute Gasteiger partial charge is 0.344 e. The number of thiazole rings is 1. The normalized spacial score (nSPS) is 10.4. The van der Waals surface area contributed by atoms with Crippen molar-refractivity contribution in [2.24, 2.45) is 0 Å². The molecular weight excluding hydrogens is 346 g/mol. The van der Waals surface area contributed by atoms with Crippen LogP contribution in [-0.2, 0) is 16.1 Å². The molecular formula is C18H14ClNO3S. The highest BCUT2D eigenvalue weighted by atomic mass is 35.5. The number of rotatable bonds is 6. The number of aromatic nitrogens is 1. The van der Waals surface area contributed by atoms with Crippen LogP contribution in [0.5, 0.6) is 5.75 Å². The molecule has 0 unspecified atom stereocenters. The molecule has 0 fully saturated rings. The van der Waals surface area contributed by atoms with Gasteiger partial charge in [0.2, 0.25) is 0 Å². The molecule has 0 bridgehead atoms. The molecule has 0 atom stereocenters. The number of esters is 1. The Bertz CT molecular complexity index is 820. The first kappa shape index (κ1) is 16.5. The first-order valence-electron chi connectivity index (χ1n) is 7.24. The van der Waals surface area contributed by atoms with E-state index in [0.717, 1.165) is 16.3 Å². The molecule has 24 heavy (non-hydrogen) atoms. The van der Waals surface area contributed by atoms with E-state index in [-0.39, 0.29) is 13.2 Å². The summed E-state index contributed by atoms with van der Waals surface area (Å²) in [4.78, 5) is 16.2. The van der Waals surface area contributed by atoms with E-state index in [4.69, 9.17) is 21.1 Å². The number of nitrogens with zero attached hydrogens (tertiary/aromatic N) is 1. The van der Waals surface area contributed by atoms with Crippen LogP contribution >= 0.6 is 22.9 Å². The lowest BCUT2D eigenvalue weighted by molar-refractivity contribution is -0.147. The van der Waals surface area contributed by atoms with E-state index in [0.29, 0.717) is 10.8 Å². The minimum atomic E-state index is -0.454. The summed E-state index contributed by atoms with van der Waals surface area (Å²) >= 11 is 7.37. The molecule has 3 aromatic rings. The second-order valence-corrected chi connectivity index (χ2v) is 6.21. The lowest BCUT2D eigenvalue weighted by atomic mass is 10.2. The molecule has 0 aliphatic carbocycles. The number of halogens is 1. The van der Waals surface area contributed by atoms with Gasteiger partial charge in [-0.2, -0.15) is 0 Å². The summed E-state index contributed by atoms with van der Waals surface area (Å²) in [7, 11) is 0. The van der Waals surface area contributed by atoms with Gasteiger partial charge in [0.05, 0.1) is 5.69 Å². The molecule has 6 heteroatoms. The van der Waals surface area contributed by atoms with Crippen LogP contribution in [-0.4, -0.2) is 17.6 Å². The van der Waals surface area contributed by atoms with Crippen LogP contribution in [0.2, 0.25) is 5.02 Å². The fourth-order valence-electron chi connectivity index (χ4n) is 1.98. The molecule has 0 aliphatic rings. The minimum Gasteiger partial charge on any atom is -0.482 e. The van der Waals surface area contributed by atoms with Crippen molar-refractivity contribution in [3.63, 3.8) is 0 Å². The summed E-state index contributed by atoms with van der Waals surface area (Å²) in [5.41, 5.74) is 1.76. The Labute approximate surface area is 148 Å². The Morgan fingerprint density at radius 1 is 1.12 bits per heavy atom. The number of hydrogen-bond donors (Lipinski definition) is 0. The van der Waals surface area contributed by atoms with Gasteiger partial charge < -0.3 is 9.47 Å². The lowest BCUT2D eigenvalue weighted by Gasteiger charge is -2.06. The van der Waals surface area contributed by atoms with Crippen molar-refractivity contribution in [3.05, 3.63) is 70.7 Å². The fraction of sp³-hybridized carbons (Fsp3) is 0.111. The second kappa shape index (κ2) is 7.95. The van der Waals surface area contributed by atoms with Crippen LogP contribution in [0.25, 0.3) is 10.6 Å². The second-order valence-electron chi connectivity index (χ2n) is 4.92. The van der Waals surface area contributed by atoms with Crippen LogP contribution in [0.1, 0.15) is 5.69 Å². The molecule has 0 saturated heterocycles. The Morgan fingerprint density at radius 2 is 1.96 bits per heavy atom. The number of ether oxygens (including phenoxy) is 2. The average Bonchev–Trinajstić information content (AvgIpc) is 3.08. The quantitative estimate of drug-likeness (QED) is 0.604. The van der Waals surface area contributed by atoms with Gasteiger partial charge in [-0.1, -0.05) is 48.0 Å². The zero-order chi connectivity index (χ0) is 16.8. The lowest BCUT2D eigenvalue weighted by Crippen LogP contribution is -2.14. The van der Waals surface area contributed by atoms with E-state index in [2.05, 4.69) is 4.98 Å². The molecule has 0 saturated carbocycles. The Hall–Kier alpha value is -2.37. The monoisotopic (exact) mass is 359 g/mol. The van der Waals surface area contributed by atoms with E-state index in [9.17, 15) is 4.79 Å². The molecule has 0 amide bonds. The third-order valence-electron chi connectivity index (χ3n) is 3.11. The summed E-state index contributed by atoms with van der Waals surface area (Å²) in [6.45, 7) is -0.0445. The fourth-order valence-corrected chi connectivity index (χ4v) is 2.97. The van der Waals surface area contributed by atoms with Gasteiger partial charge in [-0.3, -0.25) is 0 Å². The third-order valence-corrected chi connectivity index (χ3v) is 4.28. The molecule has 3 rings (SSSR count). The van der Waals surface area contributed by atoms with Crippen molar-refractivity contribution in [2.45, 2.75) is 6.61 Å². The maximum Gasteiger partial charge on any atom is 0.344 e. The highest BCUT2D eigenvalue weighted by Gasteiger charge is 2.08. The number of carbonyl (C=O) groups is 1. The molecule has 2 aromatic carbocycles. The maximum absolute atomic E-state index is 11.7. The van der Waals surface area contributed by atoms with Gasteiger partial charge in [-0.15, -0.1) is 11.3 Å². The van der Waals surface area contributed by atoms with Gasteiger partial charge in [-0.05, 0) is 18.2 Å². The summed E-state index contributed by atoms with van der Waals surface area (Å²) in [5.74, 6) is 0.0729. The molecule has 4 nitrogen and oxygen atoms in total. The molecule has 1 heterocycles. The topological polar surface area (TPSA) is 48.4 Å². The van der Waals surface area contributed by atoms with Gasteiger partial charge in [0.15, 0.2) is 6.61 Å². The van der Waals surface area contributed by atoms with Crippen molar-refractivity contribution in [3.8, 4) is 16.3 Å². The molecule has 1 aromatic heterocycles. The van der Waals surface area contributed by atoms with Crippen molar-refractivity contribution in [1.82, 2.24) is 4.98 Å². The summed E-state index contributed by atoms with van der Waals surface area (Å²) in [6, 6.07) is 16.7. The van der Waals surface area contributed by atoms with Crippen LogP contribution in [0.3, 0.4) is 0 Å². The van der Waals surface area contributed by atoms with E-state index >= 15 is 0 Å². The first-order valence-corrected chi connectivity index (χ1v) is 8.50. The minimum absolute atomic E-state index is 0.126. The Morgan fingerprint density at radius 3 is 2.75 bits per heavy atom. The van der Waals surface area contributed by atoms with E-state index < -0.39 is 5.97 Å². The van der Waals surface area contributed by atoms with Gasteiger partial charge in [-0.25, -0.2) is 9.78 Å². The van der Waals surface area contributed by atoms with Crippen molar-refractivity contribution < 1.29 is 14.3 Å². The molecule has 0 spiro atoms. The SMILES string of the molecule is O=C(COc1cccc(Cl)c1)OCc1csc(-c2ccccc2)n1. The van der Waals surface area contributed by atoms with Gasteiger partial charge in [0.1, 0.15) is 17.4 Å². The predicted octanol–water partition coefficient (Wildman–Crippen LogP) is 4.59. The van der Waals surface area contributed by atoms with Crippen LogP contribution in [0, 0.1) is 0 Å². The van der Waals surface area contributed by atoms with Crippen LogP contribution in [0.4, 0.5) is 0 Å². The average molecular weight is 360 g/mol. The largest absolute Gasteiger partial charge is 0.482 e. The molecule has 0 aliphatic heterocycles. The van der Waals surface area contributed by atoms with Gasteiger partial charge in [0.25, 0.3) is 0 Å². The Kier molecular flexibility index (Phi) is 5.46. The van der Waals surface area contributed by atoms with Gasteiger partial charge >= 0.3 is 5.97 Å². The predicted molar refractivity (Wildman–Crippen MR) is 94.3 cm³/mol. The summed E-state index contributed by atoms with van der Waals surface area (Å²) in [5, 5.41) is 3.33. The third kappa shape index (κ3) is 4.57. The molecule has 0 radical (unpaired) electrons. The zero-order valence-corrected chi connectivity index (χ0v) is 14.2. The maximum atomic E-state index is 11.7. The number of carbonyl (C=O) groups excluding carboxylic acids is 1. The highest BCUT2D eigenvalue weighted by molar-refractivity contribution is 7.13. The van der Waals surface area contributed by atoms with Crippen molar-refractivity contribution in [2.75, 3.05) is 6.61 Å². The number of benzene rings is 2. The first-order chi connectivity index (χ1) is 11.7. The summed E-state index contributed by atoms with van der Waals surface area (Å²) < 4.78 is 10.5. The van der Waals surface area contributed by atoms with Crippen LogP contribution in [0.15, 0.2) is 60.0 Å². The zero-order valence-electron chi connectivity index (χ0n) is 12.6. The molecule has 0 N–H and O–H groups in total. The van der Waals surface area contributed by atoms with Gasteiger partial charge in [0, 0.05) is 16.0 Å². The summed E-state index contributed by atoms with van der Waals surface area (Å²) in [6.07, 6.45) is 0. The van der Waals surface area contributed by atoms with E-state index in [1.54, 1.807) is 24.3 Å². The van der Waals surface area contributed by atoms with E-state index in [1.807, 2.05) is 35.7 Å². The molecule has 122 valence electrons. The number of hydrogen-bond acceptors (Lipinski definition) is 5. The standard InChI is InChI=1S/C18H14ClNO3S/c19-14-7-4-8-16(9-14)22-11-17(21)23-10-15-12-24-18(20-15)13-5-2-1-3-6-13/h1-9,12H,10-11H2. The highest BCUT2D eigenvalue weighted by Crippen LogP contribution is 2.23. The van der Waals surface area contributed by atoms with Crippen molar-refractivity contribution >= 4 is 28.9 Å². The van der Waals surface area contributed by atoms with Crippen molar-refractivity contribution in [1.29, 1.82) is 0 Å².